The van der Waals surface area contributed by atoms with Gasteiger partial charge in [0.2, 0.25) is 0 Å². The van der Waals surface area contributed by atoms with Crippen molar-refractivity contribution in [1.29, 1.82) is 0 Å². The molecule has 1 aromatic heterocycles. The zero-order valence-electron chi connectivity index (χ0n) is 10.2. The summed E-state index contributed by atoms with van der Waals surface area (Å²) in [6.07, 6.45) is 1.77. The van der Waals surface area contributed by atoms with Gasteiger partial charge in [-0.1, -0.05) is 59.3 Å². The van der Waals surface area contributed by atoms with E-state index in [-0.39, 0.29) is 0 Å². The van der Waals surface area contributed by atoms with Crippen LogP contribution >= 0.6 is 11.6 Å². The molecule has 0 aliphatic rings. The van der Waals surface area contributed by atoms with Crippen LogP contribution in [0, 0.1) is 0 Å². The van der Waals surface area contributed by atoms with Crippen LogP contribution in [0.3, 0.4) is 0 Å². The van der Waals surface area contributed by atoms with Gasteiger partial charge in [-0.3, -0.25) is 0 Å². The van der Waals surface area contributed by atoms with Crippen molar-refractivity contribution in [3.05, 3.63) is 71.4 Å². The highest BCUT2D eigenvalue weighted by atomic mass is 35.5. The minimum absolute atomic E-state index is 0.707. The van der Waals surface area contributed by atoms with Crippen LogP contribution in [-0.2, 0) is 6.54 Å². The number of halogens is 1. The third kappa shape index (κ3) is 2.66. The van der Waals surface area contributed by atoms with Crippen LogP contribution in [0.25, 0.3) is 11.3 Å². The molecule has 3 nitrogen and oxygen atoms in total. The van der Waals surface area contributed by atoms with E-state index in [1.54, 1.807) is 6.20 Å². The zero-order chi connectivity index (χ0) is 13.1. The Balaban J connectivity index is 1.92. The van der Waals surface area contributed by atoms with Gasteiger partial charge in [-0.05, 0) is 17.7 Å². The monoisotopic (exact) mass is 269 g/mol. The van der Waals surface area contributed by atoms with E-state index in [9.17, 15) is 0 Å². The van der Waals surface area contributed by atoms with Gasteiger partial charge in [0.15, 0.2) is 0 Å². The summed E-state index contributed by atoms with van der Waals surface area (Å²) in [5.41, 5.74) is 3.24. The predicted molar refractivity (Wildman–Crippen MR) is 76.0 cm³/mol. The molecule has 0 saturated carbocycles. The lowest BCUT2D eigenvalue weighted by Crippen LogP contribution is -2.03. The van der Waals surface area contributed by atoms with Gasteiger partial charge < -0.3 is 0 Å². The molecule has 94 valence electrons. The number of hydrogen-bond acceptors (Lipinski definition) is 2. The van der Waals surface area contributed by atoms with Gasteiger partial charge in [0.05, 0.1) is 18.4 Å². The molecule has 0 radical (unpaired) electrons. The predicted octanol–water partition coefficient (Wildman–Crippen LogP) is 3.65. The Labute approximate surface area is 116 Å². The van der Waals surface area contributed by atoms with E-state index >= 15 is 0 Å². The number of hydrogen-bond donors (Lipinski definition) is 0. The Bertz CT molecular complexity index is 659. The third-order valence-electron chi connectivity index (χ3n) is 2.93. The largest absolute Gasteiger partial charge is 0.240 e. The summed E-state index contributed by atoms with van der Waals surface area (Å²) in [5.74, 6) is 0. The van der Waals surface area contributed by atoms with Gasteiger partial charge in [-0.25, -0.2) is 4.68 Å². The first kappa shape index (κ1) is 11.9. The second kappa shape index (κ2) is 5.24. The highest BCUT2D eigenvalue weighted by Crippen LogP contribution is 2.21. The first-order valence-electron chi connectivity index (χ1n) is 6.01. The van der Waals surface area contributed by atoms with Gasteiger partial charge in [0, 0.05) is 10.6 Å². The summed E-state index contributed by atoms with van der Waals surface area (Å²) in [4.78, 5) is 0. The first-order chi connectivity index (χ1) is 9.33. The Morgan fingerprint density at radius 3 is 2.42 bits per heavy atom. The number of benzene rings is 2. The van der Waals surface area contributed by atoms with Gasteiger partial charge >= 0.3 is 0 Å². The van der Waals surface area contributed by atoms with Crippen molar-refractivity contribution in [2.75, 3.05) is 0 Å². The molecule has 3 rings (SSSR count). The van der Waals surface area contributed by atoms with Crippen LogP contribution in [0.1, 0.15) is 5.56 Å². The summed E-state index contributed by atoms with van der Waals surface area (Å²) in [7, 11) is 0. The summed E-state index contributed by atoms with van der Waals surface area (Å²) < 4.78 is 1.89. The molecule has 2 aromatic carbocycles. The van der Waals surface area contributed by atoms with Crippen molar-refractivity contribution >= 4 is 11.6 Å². The van der Waals surface area contributed by atoms with Crippen LogP contribution in [0.5, 0.6) is 0 Å². The van der Waals surface area contributed by atoms with E-state index in [1.165, 1.54) is 5.56 Å². The maximum atomic E-state index is 5.90. The topological polar surface area (TPSA) is 30.7 Å². The average molecular weight is 270 g/mol. The highest BCUT2D eigenvalue weighted by Gasteiger charge is 2.07. The molecule has 0 bridgehead atoms. The average Bonchev–Trinajstić information content (AvgIpc) is 2.89. The highest BCUT2D eigenvalue weighted by molar-refractivity contribution is 6.30. The fourth-order valence-electron chi connectivity index (χ4n) is 1.98. The second-order valence-corrected chi connectivity index (χ2v) is 4.71. The molecule has 0 amide bonds. The van der Waals surface area contributed by atoms with Crippen molar-refractivity contribution in [1.82, 2.24) is 15.0 Å². The second-order valence-electron chi connectivity index (χ2n) is 4.27. The molecule has 4 heteroatoms. The molecule has 0 N–H and O–H groups in total. The minimum atomic E-state index is 0.707. The molecule has 0 unspecified atom stereocenters. The Hall–Kier alpha value is -2.13. The van der Waals surface area contributed by atoms with Gasteiger partial charge in [-0.2, -0.15) is 0 Å². The smallest absolute Gasteiger partial charge is 0.0889 e. The SMILES string of the molecule is Clc1ccc(-c2cnnn2Cc2ccccc2)cc1. The summed E-state index contributed by atoms with van der Waals surface area (Å²) >= 11 is 5.90. The lowest BCUT2D eigenvalue weighted by molar-refractivity contribution is 0.655. The summed E-state index contributed by atoms with van der Waals surface area (Å²) in [6, 6.07) is 17.9. The molecule has 0 spiro atoms. The molecular weight excluding hydrogens is 258 g/mol. The molecule has 0 aliphatic carbocycles. The number of rotatable bonds is 3. The van der Waals surface area contributed by atoms with E-state index in [2.05, 4.69) is 22.4 Å². The molecule has 1 heterocycles. The van der Waals surface area contributed by atoms with Crippen LogP contribution in [-0.4, -0.2) is 15.0 Å². The summed E-state index contributed by atoms with van der Waals surface area (Å²) in [5, 5.41) is 8.87. The number of aromatic nitrogens is 3. The Morgan fingerprint density at radius 1 is 0.947 bits per heavy atom. The van der Waals surface area contributed by atoms with E-state index in [0.29, 0.717) is 6.54 Å². The van der Waals surface area contributed by atoms with E-state index in [4.69, 9.17) is 11.6 Å². The third-order valence-corrected chi connectivity index (χ3v) is 3.18. The van der Waals surface area contributed by atoms with Crippen molar-refractivity contribution in [3.63, 3.8) is 0 Å². The molecule has 0 fully saturated rings. The van der Waals surface area contributed by atoms with Crippen LogP contribution in [0.4, 0.5) is 0 Å². The quantitative estimate of drug-likeness (QED) is 0.727. The van der Waals surface area contributed by atoms with Gasteiger partial charge in [0.1, 0.15) is 0 Å². The molecular formula is C15H12ClN3. The fourth-order valence-corrected chi connectivity index (χ4v) is 2.10. The normalized spacial score (nSPS) is 10.6. The standard InChI is InChI=1S/C15H12ClN3/c16-14-8-6-13(7-9-14)15-10-17-18-19(15)11-12-4-2-1-3-5-12/h1-10H,11H2. The maximum Gasteiger partial charge on any atom is 0.0889 e. The van der Waals surface area contributed by atoms with Gasteiger partial charge in [-0.15, -0.1) is 5.10 Å². The van der Waals surface area contributed by atoms with E-state index in [0.717, 1.165) is 16.3 Å². The van der Waals surface area contributed by atoms with Crippen molar-refractivity contribution in [2.24, 2.45) is 0 Å². The van der Waals surface area contributed by atoms with E-state index < -0.39 is 0 Å². The zero-order valence-corrected chi connectivity index (χ0v) is 11.0. The van der Waals surface area contributed by atoms with Gasteiger partial charge in [0.25, 0.3) is 0 Å². The molecule has 0 saturated heterocycles. The minimum Gasteiger partial charge on any atom is -0.240 e. The lowest BCUT2D eigenvalue weighted by atomic mass is 10.1. The Kier molecular flexibility index (Phi) is 3.29. The van der Waals surface area contributed by atoms with E-state index in [1.807, 2.05) is 47.1 Å². The lowest BCUT2D eigenvalue weighted by Gasteiger charge is -2.06. The molecule has 3 aromatic rings. The molecule has 19 heavy (non-hydrogen) atoms. The molecule has 0 atom stereocenters. The van der Waals surface area contributed by atoms with Crippen molar-refractivity contribution < 1.29 is 0 Å². The van der Waals surface area contributed by atoms with Crippen molar-refractivity contribution in [3.8, 4) is 11.3 Å². The maximum absolute atomic E-state index is 5.90. The number of nitrogens with zero attached hydrogens (tertiary/aromatic N) is 3. The summed E-state index contributed by atoms with van der Waals surface area (Å²) in [6.45, 7) is 0.707. The fraction of sp³-hybridized carbons (Fsp3) is 0.0667. The Morgan fingerprint density at radius 2 is 1.68 bits per heavy atom. The van der Waals surface area contributed by atoms with Crippen LogP contribution < -0.4 is 0 Å². The van der Waals surface area contributed by atoms with Crippen LogP contribution in [0.2, 0.25) is 5.02 Å². The molecule has 0 aliphatic heterocycles. The van der Waals surface area contributed by atoms with Crippen LogP contribution in [0.15, 0.2) is 60.8 Å². The van der Waals surface area contributed by atoms with Crippen molar-refractivity contribution in [2.45, 2.75) is 6.54 Å². The first-order valence-corrected chi connectivity index (χ1v) is 6.39.